The molecule has 0 aromatic heterocycles. The summed E-state index contributed by atoms with van der Waals surface area (Å²) < 4.78 is 5.63. The van der Waals surface area contributed by atoms with Crippen molar-refractivity contribution in [1.29, 1.82) is 0 Å². The summed E-state index contributed by atoms with van der Waals surface area (Å²) in [5.74, 6) is 0. The molecule has 0 spiro atoms. The maximum absolute atomic E-state index is 6.16. The van der Waals surface area contributed by atoms with Gasteiger partial charge < -0.3 is 10.5 Å². The molecule has 3 heteroatoms. The standard InChI is InChI=1S/C15H30N2O/c1-3-14(4-2)7-9-17(13-14)15(12-16)6-5-10-18-11-8-15/h3-13,16H2,1-2H3. The highest BCUT2D eigenvalue weighted by atomic mass is 16.5. The first-order chi connectivity index (χ1) is 8.70. The zero-order valence-corrected chi connectivity index (χ0v) is 12.2. The number of rotatable bonds is 4. The van der Waals surface area contributed by atoms with Crippen molar-refractivity contribution in [2.24, 2.45) is 11.1 Å². The number of likely N-dealkylation sites (tertiary alicyclic amines) is 1. The molecule has 0 amide bonds. The summed E-state index contributed by atoms with van der Waals surface area (Å²) in [6.45, 7) is 9.77. The van der Waals surface area contributed by atoms with Crippen LogP contribution in [0.4, 0.5) is 0 Å². The van der Waals surface area contributed by atoms with Gasteiger partial charge in [0.05, 0.1) is 0 Å². The van der Waals surface area contributed by atoms with E-state index in [-0.39, 0.29) is 5.54 Å². The fourth-order valence-electron chi connectivity index (χ4n) is 3.81. The minimum atomic E-state index is 0.225. The minimum Gasteiger partial charge on any atom is -0.381 e. The van der Waals surface area contributed by atoms with Crippen LogP contribution in [-0.2, 0) is 4.74 Å². The van der Waals surface area contributed by atoms with Gasteiger partial charge in [0.2, 0.25) is 0 Å². The van der Waals surface area contributed by atoms with Gasteiger partial charge in [-0.2, -0.15) is 0 Å². The van der Waals surface area contributed by atoms with Gasteiger partial charge in [0, 0.05) is 31.8 Å². The second-order valence-electron chi connectivity index (χ2n) is 6.27. The zero-order chi connectivity index (χ0) is 13.1. The molecule has 0 saturated carbocycles. The van der Waals surface area contributed by atoms with Crippen LogP contribution in [0.15, 0.2) is 0 Å². The summed E-state index contributed by atoms with van der Waals surface area (Å²) in [6, 6.07) is 0. The van der Waals surface area contributed by atoms with Gasteiger partial charge in [-0.15, -0.1) is 0 Å². The van der Waals surface area contributed by atoms with Gasteiger partial charge in [0.15, 0.2) is 0 Å². The summed E-state index contributed by atoms with van der Waals surface area (Å²) in [7, 11) is 0. The molecule has 0 bridgehead atoms. The van der Waals surface area contributed by atoms with E-state index in [2.05, 4.69) is 18.7 Å². The quantitative estimate of drug-likeness (QED) is 0.837. The van der Waals surface area contributed by atoms with Crippen molar-refractivity contribution in [3.8, 4) is 0 Å². The third-order valence-electron chi connectivity index (χ3n) is 5.63. The van der Waals surface area contributed by atoms with Crippen LogP contribution in [0.2, 0.25) is 0 Å². The Morgan fingerprint density at radius 3 is 2.50 bits per heavy atom. The molecule has 2 saturated heterocycles. The summed E-state index contributed by atoms with van der Waals surface area (Å²) in [6.07, 6.45) is 7.45. The summed E-state index contributed by atoms with van der Waals surface area (Å²) >= 11 is 0. The maximum atomic E-state index is 6.16. The highest BCUT2D eigenvalue weighted by molar-refractivity contribution is 5.00. The number of nitrogens with zero attached hydrogens (tertiary/aromatic N) is 1. The molecule has 1 unspecified atom stereocenters. The van der Waals surface area contributed by atoms with Crippen LogP contribution in [0.1, 0.15) is 52.4 Å². The van der Waals surface area contributed by atoms with E-state index in [1.165, 1.54) is 45.2 Å². The first-order valence-corrected chi connectivity index (χ1v) is 7.73. The lowest BCUT2D eigenvalue weighted by atomic mass is 9.81. The van der Waals surface area contributed by atoms with Crippen LogP contribution in [0.3, 0.4) is 0 Å². The third-order valence-corrected chi connectivity index (χ3v) is 5.63. The third kappa shape index (κ3) is 2.59. The molecule has 2 rings (SSSR count). The Kier molecular flexibility index (Phi) is 4.68. The molecular formula is C15H30N2O. The Balaban J connectivity index is 2.09. The van der Waals surface area contributed by atoms with Crippen molar-refractivity contribution in [2.45, 2.75) is 57.9 Å². The zero-order valence-electron chi connectivity index (χ0n) is 12.2. The van der Waals surface area contributed by atoms with Crippen LogP contribution in [0, 0.1) is 5.41 Å². The van der Waals surface area contributed by atoms with Crippen LogP contribution in [0.25, 0.3) is 0 Å². The van der Waals surface area contributed by atoms with E-state index in [0.29, 0.717) is 5.41 Å². The van der Waals surface area contributed by atoms with Gasteiger partial charge in [-0.1, -0.05) is 13.8 Å². The summed E-state index contributed by atoms with van der Waals surface area (Å²) in [5.41, 5.74) is 6.94. The SMILES string of the molecule is CCC1(CC)CCN(C2(CN)CCCOCC2)C1. The Bertz CT molecular complexity index is 255. The Labute approximate surface area is 112 Å². The lowest BCUT2D eigenvalue weighted by Crippen LogP contribution is -2.53. The predicted octanol–water partition coefficient (Wildman–Crippen LogP) is 2.40. The average Bonchev–Trinajstić information content (AvgIpc) is 2.71. The predicted molar refractivity (Wildman–Crippen MR) is 75.7 cm³/mol. The van der Waals surface area contributed by atoms with Crippen molar-refractivity contribution in [3.05, 3.63) is 0 Å². The first-order valence-electron chi connectivity index (χ1n) is 7.73. The first kappa shape index (κ1) is 14.3. The van der Waals surface area contributed by atoms with Gasteiger partial charge in [-0.05, 0) is 50.5 Å². The molecule has 2 N–H and O–H groups in total. The largest absolute Gasteiger partial charge is 0.381 e. The highest BCUT2D eigenvalue weighted by Gasteiger charge is 2.44. The van der Waals surface area contributed by atoms with Gasteiger partial charge in [0.25, 0.3) is 0 Å². The van der Waals surface area contributed by atoms with E-state index in [1.54, 1.807) is 0 Å². The molecule has 106 valence electrons. The van der Waals surface area contributed by atoms with Crippen LogP contribution >= 0.6 is 0 Å². The number of nitrogens with two attached hydrogens (primary N) is 1. The Morgan fingerprint density at radius 1 is 1.11 bits per heavy atom. The molecule has 2 aliphatic heterocycles. The molecule has 0 aliphatic carbocycles. The molecule has 3 nitrogen and oxygen atoms in total. The van der Waals surface area contributed by atoms with E-state index < -0.39 is 0 Å². The Morgan fingerprint density at radius 2 is 1.89 bits per heavy atom. The molecule has 2 heterocycles. The molecule has 18 heavy (non-hydrogen) atoms. The maximum Gasteiger partial charge on any atom is 0.0484 e. The van der Waals surface area contributed by atoms with Crippen LogP contribution < -0.4 is 5.73 Å². The highest BCUT2D eigenvalue weighted by Crippen LogP contribution is 2.42. The normalized spacial score (nSPS) is 33.5. The molecule has 2 aliphatic rings. The van der Waals surface area contributed by atoms with Gasteiger partial charge in [0.1, 0.15) is 0 Å². The van der Waals surface area contributed by atoms with Gasteiger partial charge in [-0.3, -0.25) is 4.90 Å². The monoisotopic (exact) mass is 254 g/mol. The van der Waals surface area contributed by atoms with Gasteiger partial charge >= 0.3 is 0 Å². The van der Waals surface area contributed by atoms with E-state index in [9.17, 15) is 0 Å². The van der Waals surface area contributed by atoms with Crippen molar-refractivity contribution in [2.75, 3.05) is 32.8 Å². The van der Waals surface area contributed by atoms with E-state index in [4.69, 9.17) is 10.5 Å². The molecule has 0 aromatic rings. The van der Waals surface area contributed by atoms with E-state index in [1.807, 2.05) is 0 Å². The fourth-order valence-corrected chi connectivity index (χ4v) is 3.81. The van der Waals surface area contributed by atoms with Crippen molar-refractivity contribution in [3.63, 3.8) is 0 Å². The molecule has 0 aromatic carbocycles. The fraction of sp³-hybridized carbons (Fsp3) is 1.00. The van der Waals surface area contributed by atoms with E-state index in [0.717, 1.165) is 26.2 Å². The molecule has 0 radical (unpaired) electrons. The Hall–Kier alpha value is -0.120. The smallest absolute Gasteiger partial charge is 0.0484 e. The van der Waals surface area contributed by atoms with Crippen molar-refractivity contribution < 1.29 is 4.74 Å². The van der Waals surface area contributed by atoms with Crippen molar-refractivity contribution >= 4 is 0 Å². The molecule has 2 fully saturated rings. The average molecular weight is 254 g/mol. The second kappa shape index (κ2) is 5.89. The second-order valence-corrected chi connectivity index (χ2v) is 6.27. The topological polar surface area (TPSA) is 38.5 Å². The minimum absolute atomic E-state index is 0.225. The van der Waals surface area contributed by atoms with Gasteiger partial charge in [-0.25, -0.2) is 0 Å². The number of hydrogen-bond donors (Lipinski definition) is 1. The summed E-state index contributed by atoms with van der Waals surface area (Å²) in [5, 5.41) is 0. The molecule has 1 atom stereocenters. The van der Waals surface area contributed by atoms with Crippen LogP contribution in [-0.4, -0.2) is 43.3 Å². The lowest BCUT2D eigenvalue weighted by Gasteiger charge is -2.41. The van der Waals surface area contributed by atoms with E-state index >= 15 is 0 Å². The number of hydrogen-bond acceptors (Lipinski definition) is 3. The van der Waals surface area contributed by atoms with Crippen molar-refractivity contribution in [1.82, 2.24) is 4.90 Å². The lowest BCUT2D eigenvalue weighted by molar-refractivity contribution is 0.0748. The molecular weight excluding hydrogens is 224 g/mol. The number of ether oxygens (including phenoxy) is 1. The summed E-state index contributed by atoms with van der Waals surface area (Å²) in [4.78, 5) is 2.70. The van der Waals surface area contributed by atoms with Crippen LogP contribution in [0.5, 0.6) is 0 Å².